The highest BCUT2D eigenvalue weighted by Crippen LogP contribution is 2.23. The maximum Gasteiger partial charge on any atom is 0.339 e. The summed E-state index contributed by atoms with van der Waals surface area (Å²) in [5, 5.41) is 0.653. The molecule has 2 aromatic carbocycles. The standard InChI is InChI=1S/C22H20FNO4/c1-13(2)19-11-16(15-6-4-5-7-18(15)24-19)22(26)28-12-20(25)14-8-9-21(27-3)17(23)10-14/h4-11,13H,12H2,1-3H3. The molecule has 0 unspecified atom stereocenters. The van der Waals surface area contributed by atoms with E-state index in [9.17, 15) is 14.0 Å². The van der Waals surface area contributed by atoms with Gasteiger partial charge in [0.1, 0.15) is 0 Å². The van der Waals surface area contributed by atoms with Crippen LogP contribution in [0, 0.1) is 5.82 Å². The van der Waals surface area contributed by atoms with Crippen LogP contribution in [0.1, 0.15) is 46.2 Å². The summed E-state index contributed by atoms with van der Waals surface area (Å²) in [5.41, 5.74) is 1.90. The van der Waals surface area contributed by atoms with Crippen molar-refractivity contribution in [2.75, 3.05) is 13.7 Å². The molecule has 0 aliphatic rings. The van der Waals surface area contributed by atoms with Gasteiger partial charge in [0.15, 0.2) is 24.0 Å². The van der Waals surface area contributed by atoms with Crippen molar-refractivity contribution in [3.63, 3.8) is 0 Å². The average molecular weight is 381 g/mol. The number of Topliss-reactive ketones (excluding diaryl/α,β-unsaturated/α-hetero) is 1. The normalized spacial score (nSPS) is 10.9. The minimum Gasteiger partial charge on any atom is -0.494 e. The molecule has 0 bridgehead atoms. The van der Waals surface area contributed by atoms with Gasteiger partial charge < -0.3 is 9.47 Å². The summed E-state index contributed by atoms with van der Waals surface area (Å²) >= 11 is 0. The Morgan fingerprint density at radius 3 is 2.54 bits per heavy atom. The third-order valence-electron chi connectivity index (χ3n) is 4.36. The Bertz CT molecular complexity index is 1050. The molecule has 0 atom stereocenters. The van der Waals surface area contributed by atoms with Gasteiger partial charge in [-0.1, -0.05) is 32.0 Å². The summed E-state index contributed by atoms with van der Waals surface area (Å²) in [6, 6.07) is 12.8. The van der Waals surface area contributed by atoms with E-state index in [0.29, 0.717) is 16.5 Å². The van der Waals surface area contributed by atoms with Gasteiger partial charge in [-0.25, -0.2) is 9.18 Å². The number of carbonyl (C=O) groups excluding carboxylic acids is 2. The molecule has 0 saturated heterocycles. The van der Waals surface area contributed by atoms with E-state index in [2.05, 4.69) is 4.98 Å². The summed E-state index contributed by atoms with van der Waals surface area (Å²) in [5.74, 6) is -1.61. The molecule has 5 nitrogen and oxygen atoms in total. The van der Waals surface area contributed by atoms with Crippen LogP contribution >= 0.6 is 0 Å². The van der Waals surface area contributed by atoms with Crippen molar-refractivity contribution in [2.24, 2.45) is 0 Å². The van der Waals surface area contributed by atoms with Crippen LogP contribution in [0.3, 0.4) is 0 Å². The van der Waals surface area contributed by atoms with E-state index in [1.54, 1.807) is 18.2 Å². The molecule has 0 spiro atoms. The van der Waals surface area contributed by atoms with Crippen LogP contribution in [0.5, 0.6) is 5.75 Å². The van der Waals surface area contributed by atoms with Gasteiger partial charge in [0.2, 0.25) is 0 Å². The molecule has 28 heavy (non-hydrogen) atoms. The molecule has 144 valence electrons. The number of aromatic nitrogens is 1. The molecule has 0 saturated carbocycles. The topological polar surface area (TPSA) is 65.5 Å². The number of ketones is 1. The third kappa shape index (κ3) is 4.01. The maximum absolute atomic E-state index is 13.8. The van der Waals surface area contributed by atoms with Crippen LogP contribution in [-0.2, 0) is 4.74 Å². The van der Waals surface area contributed by atoms with Gasteiger partial charge in [0.05, 0.1) is 18.2 Å². The number of methoxy groups -OCH3 is 1. The molecular weight excluding hydrogens is 361 g/mol. The highest BCUT2D eigenvalue weighted by Gasteiger charge is 2.18. The molecule has 1 heterocycles. The predicted octanol–water partition coefficient (Wildman–Crippen LogP) is 4.55. The predicted molar refractivity (Wildman–Crippen MR) is 103 cm³/mol. The second-order valence-corrected chi connectivity index (χ2v) is 6.62. The second-order valence-electron chi connectivity index (χ2n) is 6.62. The Morgan fingerprint density at radius 2 is 1.86 bits per heavy atom. The molecule has 0 amide bonds. The summed E-state index contributed by atoms with van der Waals surface area (Å²) in [7, 11) is 1.34. The molecule has 1 aromatic heterocycles. The first-order chi connectivity index (χ1) is 13.4. The number of ether oxygens (including phenoxy) is 2. The summed E-state index contributed by atoms with van der Waals surface area (Å²) < 4.78 is 23.8. The second kappa shape index (κ2) is 8.17. The number of carbonyl (C=O) groups is 2. The number of pyridine rings is 1. The number of esters is 1. The van der Waals surface area contributed by atoms with Crippen molar-refractivity contribution >= 4 is 22.7 Å². The Labute approximate surface area is 162 Å². The van der Waals surface area contributed by atoms with Gasteiger partial charge in [0.25, 0.3) is 0 Å². The molecule has 6 heteroatoms. The van der Waals surface area contributed by atoms with Gasteiger partial charge in [-0.2, -0.15) is 0 Å². The van der Waals surface area contributed by atoms with Crippen LogP contribution < -0.4 is 4.74 Å². The zero-order valence-electron chi connectivity index (χ0n) is 15.9. The lowest BCUT2D eigenvalue weighted by atomic mass is 10.0. The highest BCUT2D eigenvalue weighted by molar-refractivity contribution is 6.05. The van der Waals surface area contributed by atoms with Gasteiger partial charge in [-0.05, 0) is 36.2 Å². The first kappa shape index (κ1) is 19.5. The maximum atomic E-state index is 13.8. The molecule has 0 aliphatic carbocycles. The summed E-state index contributed by atoms with van der Waals surface area (Å²) in [4.78, 5) is 29.5. The first-order valence-corrected chi connectivity index (χ1v) is 8.84. The number of para-hydroxylation sites is 1. The number of hydrogen-bond donors (Lipinski definition) is 0. The fourth-order valence-electron chi connectivity index (χ4n) is 2.79. The first-order valence-electron chi connectivity index (χ1n) is 8.84. The van der Waals surface area contributed by atoms with Crippen molar-refractivity contribution in [3.8, 4) is 5.75 Å². The number of rotatable bonds is 6. The number of benzene rings is 2. The Morgan fingerprint density at radius 1 is 1.11 bits per heavy atom. The largest absolute Gasteiger partial charge is 0.494 e. The number of fused-ring (bicyclic) bond motifs is 1. The molecule has 0 radical (unpaired) electrons. The Hall–Kier alpha value is -3.28. The molecule has 0 aliphatic heterocycles. The Kier molecular flexibility index (Phi) is 5.68. The van der Waals surface area contributed by atoms with Crippen LogP contribution in [-0.4, -0.2) is 30.5 Å². The van der Waals surface area contributed by atoms with Crippen molar-refractivity contribution in [2.45, 2.75) is 19.8 Å². The van der Waals surface area contributed by atoms with Gasteiger partial charge in [0, 0.05) is 16.6 Å². The smallest absolute Gasteiger partial charge is 0.339 e. The molecule has 3 rings (SSSR count). The van der Waals surface area contributed by atoms with Crippen molar-refractivity contribution < 1.29 is 23.5 Å². The fraction of sp³-hybridized carbons (Fsp3) is 0.227. The van der Waals surface area contributed by atoms with Crippen LogP contribution in [0.25, 0.3) is 10.9 Å². The summed E-state index contributed by atoms with van der Waals surface area (Å²) in [6.07, 6.45) is 0. The quantitative estimate of drug-likeness (QED) is 0.463. The van der Waals surface area contributed by atoms with E-state index in [1.165, 1.54) is 19.2 Å². The highest BCUT2D eigenvalue weighted by atomic mass is 19.1. The van der Waals surface area contributed by atoms with E-state index >= 15 is 0 Å². The fourth-order valence-corrected chi connectivity index (χ4v) is 2.79. The minimum absolute atomic E-state index is 0.0398. The van der Waals surface area contributed by atoms with Crippen molar-refractivity contribution in [1.82, 2.24) is 4.98 Å². The van der Waals surface area contributed by atoms with Gasteiger partial charge >= 0.3 is 5.97 Å². The SMILES string of the molecule is COc1ccc(C(=O)COC(=O)c2cc(C(C)C)nc3ccccc23)cc1F. The zero-order valence-corrected chi connectivity index (χ0v) is 15.9. The van der Waals surface area contributed by atoms with E-state index in [4.69, 9.17) is 9.47 Å². The van der Waals surface area contributed by atoms with Crippen LogP contribution in [0.15, 0.2) is 48.5 Å². The number of nitrogens with zero attached hydrogens (tertiary/aromatic N) is 1. The van der Waals surface area contributed by atoms with E-state index < -0.39 is 24.2 Å². The van der Waals surface area contributed by atoms with Crippen molar-refractivity contribution in [3.05, 3.63) is 71.2 Å². The van der Waals surface area contributed by atoms with Crippen LogP contribution in [0.2, 0.25) is 0 Å². The number of hydrogen-bond acceptors (Lipinski definition) is 5. The third-order valence-corrected chi connectivity index (χ3v) is 4.36. The monoisotopic (exact) mass is 381 g/mol. The van der Waals surface area contributed by atoms with E-state index in [1.807, 2.05) is 26.0 Å². The van der Waals surface area contributed by atoms with Crippen LogP contribution in [0.4, 0.5) is 4.39 Å². The molecule has 3 aromatic rings. The van der Waals surface area contributed by atoms with E-state index in [0.717, 1.165) is 11.8 Å². The lowest BCUT2D eigenvalue weighted by Gasteiger charge is -2.11. The van der Waals surface area contributed by atoms with Gasteiger partial charge in [-0.15, -0.1) is 0 Å². The Balaban J connectivity index is 1.81. The molecular formula is C22H20FNO4. The van der Waals surface area contributed by atoms with Crippen molar-refractivity contribution in [1.29, 1.82) is 0 Å². The van der Waals surface area contributed by atoms with Gasteiger partial charge in [-0.3, -0.25) is 9.78 Å². The average Bonchev–Trinajstić information content (AvgIpc) is 2.70. The number of halogens is 1. The zero-order chi connectivity index (χ0) is 20.3. The lowest BCUT2D eigenvalue weighted by Crippen LogP contribution is -2.15. The summed E-state index contributed by atoms with van der Waals surface area (Å²) in [6.45, 7) is 3.47. The van der Waals surface area contributed by atoms with E-state index in [-0.39, 0.29) is 17.2 Å². The molecule has 0 fully saturated rings. The molecule has 0 N–H and O–H groups in total. The minimum atomic E-state index is -0.652. The lowest BCUT2D eigenvalue weighted by molar-refractivity contribution is 0.0476.